The Balaban J connectivity index is 1.85. The zero-order chi connectivity index (χ0) is 11.6. The fourth-order valence-electron chi connectivity index (χ4n) is 1.36. The first kappa shape index (κ1) is 11.3. The van der Waals surface area contributed by atoms with Crippen LogP contribution in [0.3, 0.4) is 0 Å². The standard InChI is InChI=1S/C11H13F3N2/c12-11(13,14)9-3-5-10(6-4-9)16-15-7-8-1-2-8/h3-6,8,15-16H,1-2,7H2. The van der Waals surface area contributed by atoms with Gasteiger partial charge >= 0.3 is 6.18 Å². The Morgan fingerprint density at radius 3 is 2.25 bits per heavy atom. The molecule has 0 heterocycles. The van der Waals surface area contributed by atoms with Crippen molar-refractivity contribution >= 4 is 5.69 Å². The van der Waals surface area contributed by atoms with Gasteiger partial charge in [-0.15, -0.1) is 0 Å². The first-order valence-corrected chi connectivity index (χ1v) is 5.22. The Bertz CT molecular complexity index is 341. The molecule has 2 nitrogen and oxygen atoms in total. The van der Waals surface area contributed by atoms with E-state index in [1.165, 1.54) is 25.0 Å². The van der Waals surface area contributed by atoms with E-state index in [4.69, 9.17) is 0 Å². The highest BCUT2D eigenvalue weighted by Crippen LogP contribution is 2.30. The van der Waals surface area contributed by atoms with Gasteiger partial charge in [0.15, 0.2) is 0 Å². The Morgan fingerprint density at radius 1 is 1.12 bits per heavy atom. The predicted molar refractivity (Wildman–Crippen MR) is 55.8 cm³/mol. The van der Waals surface area contributed by atoms with E-state index in [0.717, 1.165) is 24.6 Å². The maximum absolute atomic E-state index is 12.2. The topological polar surface area (TPSA) is 24.1 Å². The molecule has 16 heavy (non-hydrogen) atoms. The van der Waals surface area contributed by atoms with Crippen molar-refractivity contribution in [2.45, 2.75) is 19.0 Å². The van der Waals surface area contributed by atoms with E-state index in [-0.39, 0.29) is 0 Å². The SMILES string of the molecule is FC(F)(F)c1ccc(NNCC2CC2)cc1. The lowest BCUT2D eigenvalue weighted by Gasteiger charge is -2.10. The summed E-state index contributed by atoms with van der Waals surface area (Å²) >= 11 is 0. The number of halogens is 3. The fraction of sp³-hybridized carbons (Fsp3) is 0.455. The van der Waals surface area contributed by atoms with Gasteiger partial charge in [0.1, 0.15) is 0 Å². The van der Waals surface area contributed by atoms with Gasteiger partial charge in [-0.25, -0.2) is 5.43 Å². The van der Waals surface area contributed by atoms with Crippen molar-refractivity contribution in [2.24, 2.45) is 5.92 Å². The molecule has 0 radical (unpaired) electrons. The van der Waals surface area contributed by atoms with Gasteiger partial charge in [-0.3, -0.25) is 0 Å². The van der Waals surface area contributed by atoms with Crippen LogP contribution in [0.1, 0.15) is 18.4 Å². The molecule has 1 aromatic rings. The number of hydrogen-bond donors (Lipinski definition) is 2. The molecule has 88 valence electrons. The van der Waals surface area contributed by atoms with Gasteiger partial charge in [0, 0.05) is 12.2 Å². The van der Waals surface area contributed by atoms with Crippen molar-refractivity contribution in [3.05, 3.63) is 29.8 Å². The number of hydrazine groups is 1. The number of nitrogens with one attached hydrogen (secondary N) is 2. The lowest BCUT2D eigenvalue weighted by Crippen LogP contribution is -2.23. The molecule has 1 aliphatic rings. The Labute approximate surface area is 91.8 Å². The van der Waals surface area contributed by atoms with E-state index < -0.39 is 11.7 Å². The summed E-state index contributed by atoms with van der Waals surface area (Å²) in [6.07, 6.45) is -1.79. The molecule has 0 spiro atoms. The quantitative estimate of drug-likeness (QED) is 0.777. The second-order valence-electron chi connectivity index (χ2n) is 4.02. The van der Waals surface area contributed by atoms with Crippen LogP contribution in [0, 0.1) is 5.92 Å². The molecular formula is C11H13F3N2. The van der Waals surface area contributed by atoms with Crippen molar-refractivity contribution in [3.8, 4) is 0 Å². The maximum atomic E-state index is 12.2. The van der Waals surface area contributed by atoms with Crippen LogP contribution in [0.5, 0.6) is 0 Å². The van der Waals surface area contributed by atoms with Crippen LogP contribution in [0.4, 0.5) is 18.9 Å². The zero-order valence-electron chi connectivity index (χ0n) is 8.64. The lowest BCUT2D eigenvalue weighted by molar-refractivity contribution is -0.137. The van der Waals surface area contributed by atoms with E-state index in [1.807, 2.05) is 0 Å². The molecule has 0 aliphatic heterocycles. The lowest BCUT2D eigenvalue weighted by atomic mass is 10.2. The number of benzene rings is 1. The number of alkyl halides is 3. The highest BCUT2D eigenvalue weighted by molar-refractivity contribution is 5.44. The van der Waals surface area contributed by atoms with Gasteiger partial charge in [0.25, 0.3) is 0 Å². The summed E-state index contributed by atoms with van der Waals surface area (Å²) in [6, 6.07) is 4.98. The third-order valence-electron chi connectivity index (χ3n) is 2.53. The van der Waals surface area contributed by atoms with Crippen LogP contribution in [0.25, 0.3) is 0 Å². The monoisotopic (exact) mass is 230 g/mol. The van der Waals surface area contributed by atoms with E-state index in [9.17, 15) is 13.2 Å². The second kappa shape index (κ2) is 4.33. The molecule has 0 amide bonds. The van der Waals surface area contributed by atoms with Crippen LogP contribution in [0.15, 0.2) is 24.3 Å². The summed E-state index contributed by atoms with van der Waals surface area (Å²) in [7, 11) is 0. The minimum atomic E-state index is -4.26. The van der Waals surface area contributed by atoms with Gasteiger partial charge in [-0.05, 0) is 43.0 Å². The summed E-state index contributed by atoms with van der Waals surface area (Å²) in [5, 5.41) is 0. The zero-order valence-corrected chi connectivity index (χ0v) is 8.64. The minimum Gasteiger partial charge on any atom is -0.322 e. The predicted octanol–water partition coefficient (Wildman–Crippen LogP) is 3.03. The smallest absolute Gasteiger partial charge is 0.322 e. The van der Waals surface area contributed by atoms with Crippen LogP contribution < -0.4 is 10.9 Å². The largest absolute Gasteiger partial charge is 0.416 e. The van der Waals surface area contributed by atoms with Crippen molar-refractivity contribution in [1.29, 1.82) is 0 Å². The second-order valence-corrected chi connectivity index (χ2v) is 4.02. The molecule has 2 rings (SSSR count). The molecule has 2 N–H and O–H groups in total. The van der Waals surface area contributed by atoms with E-state index >= 15 is 0 Å². The first-order valence-electron chi connectivity index (χ1n) is 5.22. The molecule has 0 saturated heterocycles. The van der Waals surface area contributed by atoms with Crippen LogP contribution >= 0.6 is 0 Å². The van der Waals surface area contributed by atoms with Gasteiger partial charge in [-0.2, -0.15) is 13.2 Å². The number of anilines is 1. The molecule has 0 unspecified atom stereocenters. The molecule has 0 atom stereocenters. The fourth-order valence-corrected chi connectivity index (χ4v) is 1.36. The normalized spacial score (nSPS) is 16.2. The van der Waals surface area contributed by atoms with Crippen molar-refractivity contribution < 1.29 is 13.2 Å². The van der Waals surface area contributed by atoms with Crippen molar-refractivity contribution in [1.82, 2.24) is 5.43 Å². The number of hydrogen-bond acceptors (Lipinski definition) is 2. The van der Waals surface area contributed by atoms with E-state index in [2.05, 4.69) is 10.9 Å². The summed E-state index contributed by atoms with van der Waals surface area (Å²) in [5.41, 5.74) is 5.89. The molecule has 0 aromatic heterocycles. The molecule has 1 aromatic carbocycles. The van der Waals surface area contributed by atoms with Gasteiger partial charge < -0.3 is 5.43 Å². The Hall–Kier alpha value is -1.23. The summed E-state index contributed by atoms with van der Waals surface area (Å²) in [4.78, 5) is 0. The van der Waals surface area contributed by atoms with Gasteiger partial charge in [-0.1, -0.05) is 0 Å². The molecular weight excluding hydrogens is 217 g/mol. The molecule has 0 bridgehead atoms. The Kier molecular flexibility index (Phi) is 3.05. The summed E-state index contributed by atoms with van der Waals surface area (Å²) in [5.74, 6) is 0.724. The van der Waals surface area contributed by atoms with E-state index in [0.29, 0.717) is 5.69 Å². The van der Waals surface area contributed by atoms with Crippen LogP contribution in [-0.2, 0) is 6.18 Å². The average Bonchev–Trinajstić information content (AvgIpc) is 3.01. The first-order chi connectivity index (χ1) is 7.55. The van der Waals surface area contributed by atoms with Crippen LogP contribution in [0.2, 0.25) is 0 Å². The number of rotatable bonds is 4. The highest BCUT2D eigenvalue weighted by Gasteiger charge is 2.29. The summed E-state index contributed by atoms with van der Waals surface area (Å²) in [6.45, 7) is 0.862. The third kappa shape index (κ3) is 3.13. The molecule has 1 fully saturated rings. The summed E-state index contributed by atoms with van der Waals surface area (Å²) < 4.78 is 36.7. The molecule has 1 aliphatic carbocycles. The van der Waals surface area contributed by atoms with Crippen molar-refractivity contribution in [3.63, 3.8) is 0 Å². The average molecular weight is 230 g/mol. The molecule has 1 saturated carbocycles. The Morgan fingerprint density at radius 2 is 1.75 bits per heavy atom. The maximum Gasteiger partial charge on any atom is 0.416 e. The highest BCUT2D eigenvalue weighted by atomic mass is 19.4. The van der Waals surface area contributed by atoms with Gasteiger partial charge in [0.2, 0.25) is 0 Å². The minimum absolute atomic E-state index is 0.625. The van der Waals surface area contributed by atoms with Crippen LogP contribution in [-0.4, -0.2) is 6.54 Å². The third-order valence-corrected chi connectivity index (χ3v) is 2.53. The van der Waals surface area contributed by atoms with Crippen molar-refractivity contribution in [2.75, 3.05) is 12.0 Å². The van der Waals surface area contributed by atoms with Gasteiger partial charge in [0.05, 0.1) is 5.56 Å². The molecule has 5 heteroatoms. The van der Waals surface area contributed by atoms with E-state index in [1.54, 1.807) is 0 Å².